The van der Waals surface area contributed by atoms with Crippen LogP contribution in [0.15, 0.2) is 0 Å². The molecule has 0 bridgehead atoms. The minimum atomic E-state index is 0.771. The molecule has 2 aliphatic rings. The number of rotatable bonds is 7. The summed E-state index contributed by atoms with van der Waals surface area (Å²) in [6, 6.07) is 2.54. The van der Waals surface area contributed by atoms with Crippen LogP contribution in [0.2, 0.25) is 0 Å². The van der Waals surface area contributed by atoms with Crippen LogP contribution in [0.25, 0.3) is 0 Å². The van der Waals surface area contributed by atoms with Gasteiger partial charge >= 0.3 is 0 Å². The van der Waals surface area contributed by atoms with Crippen LogP contribution in [-0.4, -0.2) is 36.1 Å². The fourth-order valence-corrected chi connectivity index (χ4v) is 3.06. The maximum Gasteiger partial charge on any atom is 0.00964 e. The van der Waals surface area contributed by atoms with Crippen LogP contribution in [-0.2, 0) is 0 Å². The van der Waals surface area contributed by atoms with Crippen molar-refractivity contribution in [3.8, 4) is 0 Å². The SMILES string of the molecule is CCCCC(CC)NC1CCN(C2CC2)CC1. The van der Waals surface area contributed by atoms with Crippen molar-refractivity contribution in [3.63, 3.8) is 0 Å². The summed E-state index contributed by atoms with van der Waals surface area (Å²) in [5.74, 6) is 0. The van der Waals surface area contributed by atoms with E-state index in [1.807, 2.05) is 0 Å². The van der Waals surface area contributed by atoms with Crippen molar-refractivity contribution in [2.24, 2.45) is 0 Å². The molecule has 1 unspecified atom stereocenters. The molecule has 2 rings (SSSR count). The first-order valence-electron chi connectivity index (χ1n) is 7.83. The third-order valence-corrected chi connectivity index (χ3v) is 4.46. The predicted molar refractivity (Wildman–Crippen MR) is 74.4 cm³/mol. The molecular weight excluding hydrogens is 208 g/mol. The smallest absolute Gasteiger partial charge is 0.00964 e. The summed E-state index contributed by atoms with van der Waals surface area (Å²) in [7, 11) is 0. The number of likely N-dealkylation sites (tertiary alicyclic amines) is 1. The zero-order chi connectivity index (χ0) is 12.1. The summed E-state index contributed by atoms with van der Waals surface area (Å²) in [5.41, 5.74) is 0. The Morgan fingerprint density at radius 1 is 1.12 bits per heavy atom. The van der Waals surface area contributed by atoms with Crippen molar-refractivity contribution >= 4 is 0 Å². The number of hydrogen-bond donors (Lipinski definition) is 1. The molecule has 0 amide bonds. The number of nitrogens with zero attached hydrogens (tertiary/aromatic N) is 1. The first-order chi connectivity index (χ1) is 8.33. The number of piperidine rings is 1. The molecule has 2 fully saturated rings. The maximum atomic E-state index is 3.89. The van der Waals surface area contributed by atoms with E-state index in [2.05, 4.69) is 24.1 Å². The van der Waals surface area contributed by atoms with Gasteiger partial charge in [0.15, 0.2) is 0 Å². The second-order valence-corrected chi connectivity index (χ2v) is 5.96. The van der Waals surface area contributed by atoms with Crippen LogP contribution in [0.3, 0.4) is 0 Å². The highest BCUT2D eigenvalue weighted by atomic mass is 15.2. The van der Waals surface area contributed by atoms with Crippen molar-refractivity contribution in [1.29, 1.82) is 0 Å². The first kappa shape index (κ1) is 13.4. The minimum Gasteiger partial charge on any atom is -0.311 e. The number of hydrogen-bond acceptors (Lipinski definition) is 2. The lowest BCUT2D eigenvalue weighted by Gasteiger charge is -2.34. The lowest BCUT2D eigenvalue weighted by atomic mass is 10.0. The first-order valence-corrected chi connectivity index (χ1v) is 7.83. The van der Waals surface area contributed by atoms with E-state index in [4.69, 9.17) is 0 Å². The van der Waals surface area contributed by atoms with Gasteiger partial charge in [-0.15, -0.1) is 0 Å². The average Bonchev–Trinajstić information content (AvgIpc) is 3.19. The van der Waals surface area contributed by atoms with Gasteiger partial charge in [0.25, 0.3) is 0 Å². The molecule has 1 aliphatic carbocycles. The molecule has 0 radical (unpaired) electrons. The Hall–Kier alpha value is -0.0800. The number of unbranched alkanes of at least 4 members (excludes halogenated alkanes) is 1. The van der Waals surface area contributed by atoms with Gasteiger partial charge in [0.2, 0.25) is 0 Å². The van der Waals surface area contributed by atoms with Crippen molar-refractivity contribution in [2.75, 3.05) is 13.1 Å². The van der Waals surface area contributed by atoms with E-state index in [0.717, 1.165) is 18.1 Å². The highest BCUT2D eigenvalue weighted by Gasteiger charge is 2.31. The van der Waals surface area contributed by atoms with Gasteiger partial charge in [-0.1, -0.05) is 26.7 Å². The van der Waals surface area contributed by atoms with Crippen molar-refractivity contribution in [3.05, 3.63) is 0 Å². The molecule has 100 valence electrons. The van der Waals surface area contributed by atoms with E-state index in [0.29, 0.717) is 0 Å². The third kappa shape index (κ3) is 4.26. The van der Waals surface area contributed by atoms with Crippen LogP contribution in [0, 0.1) is 0 Å². The summed E-state index contributed by atoms with van der Waals surface area (Å²) in [4.78, 5) is 2.71. The fourth-order valence-electron chi connectivity index (χ4n) is 3.06. The highest BCUT2D eigenvalue weighted by Crippen LogP contribution is 2.29. The third-order valence-electron chi connectivity index (χ3n) is 4.46. The summed E-state index contributed by atoms with van der Waals surface area (Å²) in [6.45, 7) is 7.30. The normalized spacial score (nSPS) is 25.1. The van der Waals surface area contributed by atoms with Gasteiger partial charge in [0.05, 0.1) is 0 Å². The molecule has 17 heavy (non-hydrogen) atoms. The Bertz CT molecular complexity index is 205. The van der Waals surface area contributed by atoms with Crippen LogP contribution in [0.1, 0.15) is 65.2 Å². The van der Waals surface area contributed by atoms with Crippen LogP contribution in [0.5, 0.6) is 0 Å². The minimum absolute atomic E-state index is 0.771. The Balaban J connectivity index is 1.64. The molecule has 0 aromatic carbocycles. The van der Waals surface area contributed by atoms with Gasteiger partial charge in [0.1, 0.15) is 0 Å². The van der Waals surface area contributed by atoms with Gasteiger partial charge in [0, 0.05) is 18.1 Å². The second-order valence-electron chi connectivity index (χ2n) is 5.96. The highest BCUT2D eigenvalue weighted by molar-refractivity contribution is 4.89. The topological polar surface area (TPSA) is 15.3 Å². The van der Waals surface area contributed by atoms with E-state index in [1.165, 1.54) is 64.5 Å². The standard InChI is InChI=1S/C15H30N2/c1-3-5-6-13(4-2)16-14-9-11-17(12-10-14)15-7-8-15/h13-16H,3-12H2,1-2H3. The zero-order valence-electron chi connectivity index (χ0n) is 11.8. The summed E-state index contributed by atoms with van der Waals surface area (Å²) in [5, 5.41) is 3.89. The summed E-state index contributed by atoms with van der Waals surface area (Å²) < 4.78 is 0. The largest absolute Gasteiger partial charge is 0.311 e. The Morgan fingerprint density at radius 3 is 2.35 bits per heavy atom. The van der Waals surface area contributed by atoms with Gasteiger partial charge in [-0.25, -0.2) is 0 Å². The molecule has 1 saturated heterocycles. The van der Waals surface area contributed by atoms with Crippen molar-refractivity contribution < 1.29 is 0 Å². The van der Waals surface area contributed by atoms with Gasteiger partial charge < -0.3 is 10.2 Å². The Kier molecular flexibility index (Phi) is 5.30. The predicted octanol–water partition coefficient (Wildman–Crippen LogP) is 3.17. The molecule has 2 nitrogen and oxygen atoms in total. The van der Waals surface area contributed by atoms with Gasteiger partial charge in [-0.05, 0) is 51.6 Å². The lowest BCUT2D eigenvalue weighted by molar-refractivity contribution is 0.180. The molecule has 1 N–H and O–H groups in total. The van der Waals surface area contributed by atoms with Gasteiger partial charge in [-0.2, -0.15) is 0 Å². The molecule has 2 heteroatoms. The Morgan fingerprint density at radius 2 is 1.82 bits per heavy atom. The fraction of sp³-hybridized carbons (Fsp3) is 1.00. The molecular formula is C15H30N2. The summed E-state index contributed by atoms with van der Waals surface area (Å²) in [6.07, 6.45) is 11.1. The molecule has 1 saturated carbocycles. The van der Waals surface area contributed by atoms with Gasteiger partial charge in [-0.3, -0.25) is 0 Å². The zero-order valence-corrected chi connectivity index (χ0v) is 11.8. The van der Waals surface area contributed by atoms with Crippen LogP contribution in [0.4, 0.5) is 0 Å². The number of nitrogens with one attached hydrogen (secondary N) is 1. The molecule has 0 aromatic heterocycles. The molecule has 1 aliphatic heterocycles. The van der Waals surface area contributed by atoms with E-state index in [1.54, 1.807) is 0 Å². The average molecular weight is 238 g/mol. The quantitative estimate of drug-likeness (QED) is 0.733. The van der Waals surface area contributed by atoms with E-state index >= 15 is 0 Å². The van der Waals surface area contributed by atoms with Crippen LogP contribution < -0.4 is 5.32 Å². The second kappa shape index (κ2) is 6.75. The van der Waals surface area contributed by atoms with Crippen molar-refractivity contribution in [2.45, 2.75) is 83.3 Å². The lowest BCUT2D eigenvalue weighted by Crippen LogP contribution is -2.46. The molecule has 1 heterocycles. The maximum absolute atomic E-state index is 3.89. The molecule has 0 spiro atoms. The van der Waals surface area contributed by atoms with E-state index < -0.39 is 0 Å². The monoisotopic (exact) mass is 238 g/mol. The molecule has 1 atom stereocenters. The summed E-state index contributed by atoms with van der Waals surface area (Å²) >= 11 is 0. The van der Waals surface area contributed by atoms with E-state index in [-0.39, 0.29) is 0 Å². The van der Waals surface area contributed by atoms with Crippen molar-refractivity contribution in [1.82, 2.24) is 10.2 Å². The molecule has 0 aromatic rings. The van der Waals surface area contributed by atoms with E-state index in [9.17, 15) is 0 Å². The Labute approximate surface area is 107 Å². The van der Waals surface area contributed by atoms with Crippen LogP contribution >= 0.6 is 0 Å².